The summed E-state index contributed by atoms with van der Waals surface area (Å²) >= 11 is 2.05. The lowest BCUT2D eigenvalue weighted by atomic mass is 10.5. The molecule has 0 rings (SSSR count). The number of hydrogen-bond donors (Lipinski definition) is 2. The van der Waals surface area contributed by atoms with Gasteiger partial charge >= 0.3 is 7.75 Å². The topological polar surface area (TPSA) is 68.8 Å². The lowest BCUT2D eigenvalue weighted by Crippen LogP contribution is -2.22. The molecule has 0 aromatic carbocycles. The van der Waals surface area contributed by atoms with Gasteiger partial charge in [0.05, 0.1) is 19.3 Å². The van der Waals surface area contributed by atoms with Crippen LogP contribution in [0.2, 0.25) is 0 Å². The van der Waals surface area contributed by atoms with E-state index in [9.17, 15) is 4.57 Å². The van der Waals surface area contributed by atoms with E-state index in [0.717, 1.165) is 6.54 Å². The second-order valence-electron chi connectivity index (χ2n) is 3.24. The van der Waals surface area contributed by atoms with Crippen LogP contribution < -0.4 is 8.62 Å². The average Bonchev–Trinajstić information content (AvgIpc) is 2.22. The molecule has 0 saturated carbocycles. The molecule has 0 radical (unpaired) electrons. The minimum Gasteiger partial charge on any atom is -0.379 e. The molecule has 0 heterocycles. The summed E-state index contributed by atoms with van der Waals surface area (Å²) in [6, 6.07) is 0. The molecular weight excluding hydrogens is 346 g/mol. The number of ether oxygens (including phenoxy) is 1. The van der Waals surface area contributed by atoms with Crippen molar-refractivity contribution in [1.29, 1.82) is 0 Å². The largest absolute Gasteiger partial charge is 0.405 e. The SMILES string of the molecule is COP(=O)(NCCOCCNI)OC(C)C. The van der Waals surface area contributed by atoms with Gasteiger partial charge in [0.2, 0.25) is 0 Å². The molecule has 0 saturated heterocycles. The summed E-state index contributed by atoms with van der Waals surface area (Å²) in [6.07, 6.45) is -0.151. The summed E-state index contributed by atoms with van der Waals surface area (Å²) in [7, 11) is -1.80. The van der Waals surface area contributed by atoms with E-state index >= 15 is 0 Å². The van der Waals surface area contributed by atoms with Gasteiger partial charge < -0.3 is 9.26 Å². The first-order valence-electron chi connectivity index (χ1n) is 5.04. The van der Waals surface area contributed by atoms with E-state index in [1.807, 2.05) is 0 Å². The molecule has 0 aromatic rings. The predicted molar refractivity (Wildman–Crippen MR) is 71.7 cm³/mol. The Morgan fingerprint density at radius 1 is 1.31 bits per heavy atom. The Bertz CT molecular complexity index is 218. The molecule has 98 valence electrons. The van der Waals surface area contributed by atoms with Gasteiger partial charge in [-0.2, -0.15) is 0 Å². The van der Waals surface area contributed by atoms with Crippen molar-refractivity contribution in [2.24, 2.45) is 0 Å². The van der Waals surface area contributed by atoms with Gasteiger partial charge in [0, 0.05) is 43.1 Å². The van der Waals surface area contributed by atoms with Gasteiger partial charge in [0.25, 0.3) is 0 Å². The zero-order valence-electron chi connectivity index (χ0n) is 9.86. The van der Waals surface area contributed by atoms with Gasteiger partial charge in [-0.05, 0) is 13.8 Å². The third kappa shape index (κ3) is 8.86. The molecule has 0 fully saturated rings. The maximum Gasteiger partial charge on any atom is 0.405 e. The molecule has 0 aliphatic heterocycles. The van der Waals surface area contributed by atoms with E-state index in [1.165, 1.54) is 7.11 Å². The van der Waals surface area contributed by atoms with Crippen LogP contribution in [0.3, 0.4) is 0 Å². The lowest BCUT2D eigenvalue weighted by Gasteiger charge is -2.19. The number of hydrogen-bond acceptors (Lipinski definition) is 5. The first-order chi connectivity index (χ1) is 7.54. The second-order valence-corrected chi connectivity index (χ2v) is 5.89. The minimum absolute atomic E-state index is 0.151. The summed E-state index contributed by atoms with van der Waals surface area (Å²) in [6.45, 7) is 5.90. The van der Waals surface area contributed by atoms with E-state index in [2.05, 4.69) is 31.5 Å². The van der Waals surface area contributed by atoms with Crippen LogP contribution in [-0.4, -0.2) is 39.5 Å². The highest BCUT2D eigenvalue weighted by Crippen LogP contribution is 2.43. The molecular formula is C8H20IN2O4P. The minimum atomic E-state index is -3.16. The van der Waals surface area contributed by atoms with Gasteiger partial charge in [-0.3, -0.25) is 8.05 Å². The molecule has 0 aliphatic carbocycles. The smallest absolute Gasteiger partial charge is 0.379 e. The van der Waals surface area contributed by atoms with Gasteiger partial charge in [-0.15, -0.1) is 0 Å². The summed E-state index contributed by atoms with van der Waals surface area (Å²) < 4.78 is 30.0. The van der Waals surface area contributed by atoms with Crippen molar-refractivity contribution >= 4 is 30.6 Å². The van der Waals surface area contributed by atoms with E-state index in [0.29, 0.717) is 19.8 Å². The molecule has 6 nitrogen and oxygen atoms in total. The zero-order chi connectivity index (χ0) is 12.4. The van der Waals surface area contributed by atoms with E-state index in [-0.39, 0.29) is 6.10 Å². The normalized spacial score (nSPS) is 15.3. The van der Waals surface area contributed by atoms with Crippen LogP contribution in [0.1, 0.15) is 13.8 Å². The maximum absolute atomic E-state index is 11.9. The van der Waals surface area contributed by atoms with Crippen molar-refractivity contribution in [2.75, 3.05) is 33.4 Å². The highest BCUT2D eigenvalue weighted by Gasteiger charge is 2.23. The molecule has 0 aliphatic rings. The van der Waals surface area contributed by atoms with Gasteiger partial charge in [0.15, 0.2) is 0 Å². The molecule has 1 atom stereocenters. The number of halogens is 1. The van der Waals surface area contributed by atoms with Crippen molar-refractivity contribution in [1.82, 2.24) is 8.62 Å². The van der Waals surface area contributed by atoms with Crippen LogP contribution >= 0.6 is 30.6 Å². The third-order valence-electron chi connectivity index (χ3n) is 1.48. The van der Waals surface area contributed by atoms with Crippen molar-refractivity contribution in [3.8, 4) is 0 Å². The Hall–Kier alpha value is 0.760. The predicted octanol–water partition coefficient (Wildman–Crippen LogP) is 1.71. The number of nitrogens with one attached hydrogen (secondary N) is 2. The second kappa shape index (κ2) is 9.76. The average molecular weight is 366 g/mol. The molecule has 16 heavy (non-hydrogen) atoms. The van der Waals surface area contributed by atoms with Crippen molar-refractivity contribution in [2.45, 2.75) is 20.0 Å². The third-order valence-corrected chi connectivity index (χ3v) is 3.81. The molecule has 0 aromatic heterocycles. The molecule has 0 spiro atoms. The number of rotatable bonds is 10. The maximum atomic E-state index is 11.9. The monoisotopic (exact) mass is 366 g/mol. The summed E-state index contributed by atoms with van der Waals surface area (Å²) in [5, 5.41) is 2.72. The fraction of sp³-hybridized carbons (Fsp3) is 1.00. The molecule has 0 bridgehead atoms. The Balaban J connectivity index is 3.66. The Morgan fingerprint density at radius 3 is 2.44 bits per heavy atom. The van der Waals surface area contributed by atoms with E-state index in [4.69, 9.17) is 13.8 Å². The molecule has 2 N–H and O–H groups in total. The Morgan fingerprint density at radius 2 is 1.94 bits per heavy atom. The van der Waals surface area contributed by atoms with E-state index < -0.39 is 7.75 Å². The van der Waals surface area contributed by atoms with Crippen LogP contribution in [0, 0.1) is 0 Å². The first-order valence-corrected chi connectivity index (χ1v) is 7.66. The first kappa shape index (κ1) is 16.8. The zero-order valence-corrected chi connectivity index (χ0v) is 12.9. The van der Waals surface area contributed by atoms with Crippen LogP contribution in [0.4, 0.5) is 0 Å². The molecule has 1 unspecified atom stereocenters. The Labute approximate surface area is 111 Å². The van der Waals surface area contributed by atoms with Crippen LogP contribution in [0.25, 0.3) is 0 Å². The van der Waals surface area contributed by atoms with Crippen molar-refractivity contribution in [3.63, 3.8) is 0 Å². The highest BCUT2D eigenvalue weighted by molar-refractivity contribution is 14.1. The fourth-order valence-electron chi connectivity index (χ4n) is 0.890. The lowest BCUT2D eigenvalue weighted by molar-refractivity contribution is 0.138. The fourth-order valence-corrected chi connectivity index (χ4v) is 2.32. The highest BCUT2D eigenvalue weighted by atomic mass is 127. The van der Waals surface area contributed by atoms with Crippen LogP contribution in [0.5, 0.6) is 0 Å². The van der Waals surface area contributed by atoms with Crippen molar-refractivity contribution < 1.29 is 18.3 Å². The summed E-state index contributed by atoms with van der Waals surface area (Å²) in [5.74, 6) is 0. The Kier molecular flexibility index (Phi) is 10.2. The quantitative estimate of drug-likeness (QED) is 0.266. The van der Waals surface area contributed by atoms with Gasteiger partial charge in [0.1, 0.15) is 0 Å². The van der Waals surface area contributed by atoms with Gasteiger partial charge in [-0.1, -0.05) is 0 Å². The summed E-state index contributed by atoms with van der Waals surface area (Å²) in [5.41, 5.74) is 0. The summed E-state index contributed by atoms with van der Waals surface area (Å²) in [4.78, 5) is 0. The van der Waals surface area contributed by atoms with Crippen molar-refractivity contribution in [3.05, 3.63) is 0 Å². The molecule has 8 heteroatoms. The molecule has 0 amide bonds. The van der Waals surface area contributed by atoms with Crippen LogP contribution in [-0.2, 0) is 18.3 Å². The standard InChI is InChI=1S/C8H20IN2O4P/c1-8(2)15-16(12,13-3)11-5-7-14-6-4-10-9/h8,10H,4-7H2,1-3H3,(H,11,12). The van der Waals surface area contributed by atoms with Crippen LogP contribution in [0.15, 0.2) is 0 Å². The van der Waals surface area contributed by atoms with Gasteiger partial charge in [-0.25, -0.2) is 9.65 Å². The van der Waals surface area contributed by atoms with E-state index in [1.54, 1.807) is 13.8 Å².